The molecule has 2 aromatic carbocycles. The molecular weight excluding hydrogens is 346 g/mol. The molecule has 0 saturated carbocycles. The van der Waals surface area contributed by atoms with Crippen LogP contribution in [0.4, 0.5) is 0 Å². The molecule has 1 amide bonds. The van der Waals surface area contributed by atoms with Crippen molar-refractivity contribution in [1.82, 2.24) is 5.32 Å². The molecule has 0 spiro atoms. The van der Waals surface area contributed by atoms with E-state index in [9.17, 15) is 4.79 Å². The summed E-state index contributed by atoms with van der Waals surface area (Å²) in [7, 11) is 3.20. The number of amides is 1. The van der Waals surface area contributed by atoms with Gasteiger partial charge in [-0.15, -0.1) is 11.8 Å². The van der Waals surface area contributed by atoms with E-state index in [4.69, 9.17) is 21.1 Å². The van der Waals surface area contributed by atoms with Crippen LogP contribution in [0.15, 0.2) is 42.5 Å². The Morgan fingerprint density at radius 2 is 1.79 bits per heavy atom. The number of halogens is 1. The topological polar surface area (TPSA) is 47.6 Å². The third-order valence-corrected chi connectivity index (χ3v) is 4.53. The Morgan fingerprint density at radius 1 is 1.08 bits per heavy atom. The summed E-state index contributed by atoms with van der Waals surface area (Å²) in [6.07, 6.45) is 0. The summed E-state index contributed by atoms with van der Waals surface area (Å²) in [4.78, 5) is 12.0. The van der Waals surface area contributed by atoms with Gasteiger partial charge in [-0.3, -0.25) is 4.79 Å². The van der Waals surface area contributed by atoms with Crippen LogP contribution in [0.2, 0.25) is 5.02 Å². The Labute approximate surface area is 151 Å². The molecule has 1 N–H and O–H groups in total. The van der Waals surface area contributed by atoms with Gasteiger partial charge < -0.3 is 14.8 Å². The van der Waals surface area contributed by atoms with E-state index in [0.717, 1.165) is 16.9 Å². The minimum absolute atomic E-state index is 0.0104. The van der Waals surface area contributed by atoms with E-state index in [1.165, 1.54) is 0 Å². The zero-order valence-electron chi connectivity index (χ0n) is 13.7. The maximum Gasteiger partial charge on any atom is 0.230 e. The van der Waals surface area contributed by atoms with Crippen molar-refractivity contribution in [3.8, 4) is 11.5 Å². The van der Waals surface area contributed by atoms with Gasteiger partial charge in [0.25, 0.3) is 0 Å². The van der Waals surface area contributed by atoms with E-state index in [0.29, 0.717) is 28.8 Å². The molecule has 6 heteroatoms. The van der Waals surface area contributed by atoms with E-state index in [-0.39, 0.29) is 5.91 Å². The van der Waals surface area contributed by atoms with Gasteiger partial charge in [0, 0.05) is 23.4 Å². The highest BCUT2D eigenvalue weighted by atomic mass is 35.5. The van der Waals surface area contributed by atoms with E-state index < -0.39 is 0 Å². The van der Waals surface area contributed by atoms with Gasteiger partial charge in [0.15, 0.2) is 0 Å². The summed E-state index contributed by atoms with van der Waals surface area (Å²) in [5, 5.41) is 3.61. The van der Waals surface area contributed by atoms with Crippen LogP contribution in [-0.2, 0) is 17.1 Å². The predicted molar refractivity (Wildman–Crippen MR) is 99.0 cm³/mol. The normalized spacial score (nSPS) is 10.3. The van der Waals surface area contributed by atoms with E-state index in [1.807, 2.05) is 36.4 Å². The third-order valence-electron chi connectivity index (χ3n) is 3.29. The van der Waals surface area contributed by atoms with Crippen LogP contribution in [0.25, 0.3) is 0 Å². The zero-order valence-corrected chi connectivity index (χ0v) is 15.2. The molecular formula is C18H20ClNO3S. The van der Waals surface area contributed by atoms with E-state index in [1.54, 1.807) is 32.0 Å². The molecule has 0 aliphatic carbocycles. The molecule has 0 radical (unpaired) electrons. The van der Waals surface area contributed by atoms with Crippen LogP contribution in [0.1, 0.15) is 11.1 Å². The van der Waals surface area contributed by atoms with Gasteiger partial charge in [-0.2, -0.15) is 0 Å². The molecule has 0 unspecified atom stereocenters. The van der Waals surface area contributed by atoms with Crippen molar-refractivity contribution < 1.29 is 14.3 Å². The second-order valence-corrected chi connectivity index (χ2v) is 6.54. The number of hydrogen-bond acceptors (Lipinski definition) is 4. The lowest BCUT2D eigenvalue weighted by Crippen LogP contribution is -2.24. The fraction of sp³-hybridized carbons (Fsp3) is 0.278. The predicted octanol–water partition coefficient (Wildman–Crippen LogP) is 3.91. The number of benzene rings is 2. The van der Waals surface area contributed by atoms with Crippen LogP contribution in [-0.4, -0.2) is 25.9 Å². The fourth-order valence-electron chi connectivity index (χ4n) is 2.11. The Bertz CT molecular complexity index is 671. The Balaban J connectivity index is 1.78. The number of thioether (sulfide) groups is 1. The molecule has 0 heterocycles. The van der Waals surface area contributed by atoms with Crippen LogP contribution < -0.4 is 14.8 Å². The average molecular weight is 366 g/mol. The molecule has 0 atom stereocenters. The first kappa shape index (κ1) is 18.5. The van der Waals surface area contributed by atoms with E-state index in [2.05, 4.69) is 5.32 Å². The summed E-state index contributed by atoms with van der Waals surface area (Å²) in [5.41, 5.74) is 2.04. The summed E-state index contributed by atoms with van der Waals surface area (Å²) in [5.74, 6) is 2.54. The second kappa shape index (κ2) is 9.45. The monoisotopic (exact) mass is 365 g/mol. The first-order valence-corrected chi connectivity index (χ1v) is 8.95. The lowest BCUT2D eigenvalue weighted by Gasteiger charge is -2.09. The van der Waals surface area contributed by atoms with Crippen molar-refractivity contribution >= 4 is 29.3 Å². The molecule has 128 valence electrons. The Kier molecular flexibility index (Phi) is 7.28. The van der Waals surface area contributed by atoms with Gasteiger partial charge in [-0.25, -0.2) is 0 Å². The number of ether oxygens (including phenoxy) is 2. The fourth-order valence-corrected chi connectivity index (χ4v) is 3.13. The number of methoxy groups -OCH3 is 2. The Hall–Kier alpha value is -1.85. The summed E-state index contributed by atoms with van der Waals surface area (Å²) in [6.45, 7) is 0.435. The van der Waals surface area contributed by atoms with Gasteiger partial charge in [-0.05, 0) is 35.4 Å². The molecule has 4 nitrogen and oxygen atoms in total. The first-order chi connectivity index (χ1) is 11.6. The number of carbonyl (C=O) groups is 1. The van der Waals surface area contributed by atoms with Crippen molar-refractivity contribution in [3.05, 3.63) is 58.6 Å². The largest absolute Gasteiger partial charge is 0.497 e. The molecule has 2 rings (SSSR count). The van der Waals surface area contributed by atoms with Crippen LogP contribution >= 0.6 is 23.4 Å². The molecule has 0 aliphatic heterocycles. The number of rotatable bonds is 8. The quantitative estimate of drug-likeness (QED) is 0.770. The van der Waals surface area contributed by atoms with Crippen molar-refractivity contribution in [2.75, 3.05) is 20.0 Å². The molecule has 2 aromatic rings. The van der Waals surface area contributed by atoms with Crippen molar-refractivity contribution in [3.63, 3.8) is 0 Å². The highest BCUT2D eigenvalue weighted by Gasteiger charge is 2.05. The summed E-state index contributed by atoms with van der Waals surface area (Å²) >= 11 is 7.50. The Morgan fingerprint density at radius 3 is 2.42 bits per heavy atom. The summed E-state index contributed by atoms with van der Waals surface area (Å²) < 4.78 is 10.4. The van der Waals surface area contributed by atoms with Gasteiger partial charge in [0.2, 0.25) is 5.91 Å². The molecule has 0 saturated heterocycles. The molecule has 0 bridgehead atoms. The maximum atomic E-state index is 12.0. The SMILES string of the molecule is COc1cc(CNC(=O)CSCc2cccc(Cl)c2)cc(OC)c1. The van der Waals surface area contributed by atoms with Gasteiger partial charge in [-0.1, -0.05) is 23.7 Å². The van der Waals surface area contributed by atoms with Gasteiger partial charge >= 0.3 is 0 Å². The second-order valence-electron chi connectivity index (χ2n) is 5.12. The molecule has 0 aromatic heterocycles. The highest BCUT2D eigenvalue weighted by molar-refractivity contribution is 7.99. The number of carbonyl (C=O) groups excluding carboxylic acids is 1. The molecule has 0 aliphatic rings. The van der Waals surface area contributed by atoms with Crippen LogP contribution in [0, 0.1) is 0 Å². The molecule has 24 heavy (non-hydrogen) atoms. The number of nitrogens with one attached hydrogen (secondary N) is 1. The first-order valence-electron chi connectivity index (χ1n) is 7.41. The standard InChI is InChI=1S/C18H20ClNO3S/c1-22-16-7-14(8-17(9-16)23-2)10-20-18(21)12-24-11-13-4-3-5-15(19)6-13/h3-9H,10-12H2,1-2H3,(H,20,21). The van der Waals surface area contributed by atoms with Crippen molar-refractivity contribution in [1.29, 1.82) is 0 Å². The minimum atomic E-state index is -0.0104. The lowest BCUT2D eigenvalue weighted by molar-refractivity contribution is -0.118. The van der Waals surface area contributed by atoms with Gasteiger partial charge in [0.05, 0.1) is 20.0 Å². The minimum Gasteiger partial charge on any atom is -0.497 e. The maximum absolute atomic E-state index is 12.0. The van der Waals surface area contributed by atoms with Crippen molar-refractivity contribution in [2.24, 2.45) is 0 Å². The van der Waals surface area contributed by atoms with E-state index >= 15 is 0 Å². The highest BCUT2D eigenvalue weighted by Crippen LogP contribution is 2.22. The lowest BCUT2D eigenvalue weighted by atomic mass is 10.2. The average Bonchev–Trinajstić information content (AvgIpc) is 2.59. The van der Waals surface area contributed by atoms with Crippen molar-refractivity contribution in [2.45, 2.75) is 12.3 Å². The van der Waals surface area contributed by atoms with Crippen LogP contribution in [0.5, 0.6) is 11.5 Å². The molecule has 0 fully saturated rings. The third kappa shape index (κ3) is 5.98. The zero-order chi connectivity index (χ0) is 17.4. The van der Waals surface area contributed by atoms with Crippen LogP contribution in [0.3, 0.4) is 0 Å². The van der Waals surface area contributed by atoms with Gasteiger partial charge in [0.1, 0.15) is 11.5 Å². The smallest absolute Gasteiger partial charge is 0.230 e. The number of hydrogen-bond donors (Lipinski definition) is 1. The summed E-state index contributed by atoms with van der Waals surface area (Å²) in [6, 6.07) is 13.2.